The number of aromatic nitrogens is 4. The number of nitrogens with zero attached hydrogens (tertiary/aromatic N) is 3. The minimum Gasteiger partial charge on any atom is -0.324 e. The van der Waals surface area contributed by atoms with E-state index in [9.17, 15) is 8.78 Å². The highest BCUT2D eigenvalue weighted by Gasteiger charge is 2.10. The predicted molar refractivity (Wildman–Crippen MR) is 82.2 cm³/mol. The highest BCUT2D eigenvalue weighted by Crippen LogP contribution is 2.22. The maximum Gasteiger partial charge on any atom is 0.253 e. The van der Waals surface area contributed by atoms with E-state index in [2.05, 4.69) is 36.3 Å². The normalized spacial score (nSPS) is 11.4. The first-order chi connectivity index (χ1) is 10.6. The van der Waals surface area contributed by atoms with Crippen molar-refractivity contribution >= 4 is 44.4 Å². The molecule has 0 aliphatic carbocycles. The Balaban J connectivity index is 1.74. The molecule has 0 radical (unpaired) electrons. The minimum absolute atomic E-state index is 0.387. The van der Waals surface area contributed by atoms with Crippen LogP contribution in [0.15, 0.2) is 40.9 Å². The van der Waals surface area contributed by atoms with Gasteiger partial charge in [0.15, 0.2) is 11.6 Å². The van der Waals surface area contributed by atoms with Crippen molar-refractivity contribution in [2.45, 2.75) is 0 Å². The summed E-state index contributed by atoms with van der Waals surface area (Å²) in [6, 6.07) is 9.24. The Morgan fingerprint density at radius 3 is 2.73 bits per heavy atom. The second-order valence-corrected chi connectivity index (χ2v) is 5.62. The van der Waals surface area contributed by atoms with Crippen LogP contribution >= 0.6 is 15.9 Å². The lowest BCUT2D eigenvalue weighted by atomic mass is 10.3. The molecular weight excluding hydrogens is 356 g/mol. The van der Waals surface area contributed by atoms with Crippen molar-refractivity contribution in [3.8, 4) is 0 Å². The Hall–Kier alpha value is -2.48. The van der Waals surface area contributed by atoms with Crippen LogP contribution < -0.4 is 5.32 Å². The topological polar surface area (TPSA) is 58.0 Å². The SMILES string of the molecule is Fc1ccc(Nc2nc3nc4cc(Br)ccc4n3[nH]2)cc1F. The number of nitrogens with one attached hydrogen (secondary N) is 2. The third-order valence-electron chi connectivity index (χ3n) is 3.21. The predicted octanol–water partition coefficient (Wildman–Crippen LogP) is 3.99. The number of H-pyrrole nitrogens is 1. The van der Waals surface area contributed by atoms with Crippen LogP contribution in [-0.2, 0) is 0 Å². The minimum atomic E-state index is -0.920. The lowest BCUT2D eigenvalue weighted by Gasteiger charge is -2.02. The summed E-state index contributed by atoms with van der Waals surface area (Å²) in [6.07, 6.45) is 0. The van der Waals surface area contributed by atoms with Gasteiger partial charge >= 0.3 is 0 Å². The first-order valence-corrected chi connectivity index (χ1v) is 7.15. The number of halogens is 3. The van der Waals surface area contributed by atoms with Gasteiger partial charge in [0.2, 0.25) is 5.95 Å². The van der Waals surface area contributed by atoms with Crippen LogP contribution in [0, 0.1) is 11.6 Å². The Labute approximate surface area is 131 Å². The molecule has 4 aromatic rings. The second-order valence-electron chi connectivity index (χ2n) is 4.71. The number of rotatable bonds is 2. The molecule has 0 saturated heterocycles. The molecule has 0 aliphatic rings. The number of hydrogen-bond donors (Lipinski definition) is 2. The van der Waals surface area contributed by atoms with Crippen LogP contribution in [0.1, 0.15) is 0 Å². The van der Waals surface area contributed by atoms with Crippen LogP contribution in [0.5, 0.6) is 0 Å². The highest BCUT2D eigenvalue weighted by atomic mass is 79.9. The van der Waals surface area contributed by atoms with Gasteiger partial charge in [-0.15, -0.1) is 0 Å². The van der Waals surface area contributed by atoms with Gasteiger partial charge in [-0.3, -0.25) is 5.10 Å². The van der Waals surface area contributed by atoms with Crippen LogP contribution in [-0.4, -0.2) is 19.6 Å². The van der Waals surface area contributed by atoms with Crippen molar-refractivity contribution in [3.63, 3.8) is 0 Å². The van der Waals surface area contributed by atoms with E-state index in [-0.39, 0.29) is 0 Å². The molecule has 22 heavy (non-hydrogen) atoms. The average molecular weight is 364 g/mol. The molecule has 2 aromatic heterocycles. The smallest absolute Gasteiger partial charge is 0.253 e. The Kier molecular flexibility index (Phi) is 2.86. The third-order valence-corrected chi connectivity index (χ3v) is 3.70. The van der Waals surface area contributed by atoms with Gasteiger partial charge in [0, 0.05) is 16.2 Å². The van der Waals surface area contributed by atoms with Crippen LogP contribution in [0.25, 0.3) is 16.8 Å². The summed E-state index contributed by atoms with van der Waals surface area (Å²) >= 11 is 3.39. The molecule has 2 heterocycles. The number of fused-ring (bicyclic) bond motifs is 3. The molecule has 5 nitrogen and oxygen atoms in total. The Morgan fingerprint density at radius 1 is 1.05 bits per heavy atom. The molecule has 2 N–H and O–H groups in total. The van der Waals surface area contributed by atoms with Crippen molar-refractivity contribution < 1.29 is 8.78 Å². The number of benzene rings is 2. The van der Waals surface area contributed by atoms with Gasteiger partial charge in [-0.1, -0.05) is 15.9 Å². The number of imidazole rings is 1. The van der Waals surface area contributed by atoms with Crippen molar-refractivity contribution in [2.24, 2.45) is 0 Å². The standard InChI is InChI=1S/C14H8BrF2N5/c15-7-1-4-12-11(5-7)19-14-20-13(21-22(12)14)18-8-2-3-9(16)10(17)6-8/h1-6H,(H2,18,19,20,21). The summed E-state index contributed by atoms with van der Waals surface area (Å²) in [6.45, 7) is 0. The summed E-state index contributed by atoms with van der Waals surface area (Å²) in [5, 5.41) is 5.90. The second kappa shape index (κ2) is 4.77. The number of hydrogen-bond acceptors (Lipinski definition) is 3. The van der Waals surface area contributed by atoms with Crippen molar-refractivity contribution in [1.82, 2.24) is 19.6 Å². The van der Waals surface area contributed by atoms with Gasteiger partial charge in [-0.2, -0.15) is 4.98 Å². The lowest BCUT2D eigenvalue weighted by molar-refractivity contribution is 0.509. The quantitative estimate of drug-likeness (QED) is 0.566. The van der Waals surface area contributed by atoms with E-state index in [1.807, 2.05) is 18.2 Å². The van der Waals surface area contributed by atoms with Crippen molar-refractivity contribution in [3.05, 3.63) is 52.5 Å². The van der Waals surface area contributed by atoms with E-state index < -0.39 is 11.6 Å². The summed E-state index contributed by atoms with van der Waals surface area (Å²) in [4.78, 5) is 8.67. The molecule has 0 amide bonds. The Bertz CT molecular complexity index is 1010. The molecular formula is C14H8BrF2N5. The molecule has 8 heteroatoms. The molecule has 4 rings (SSSR count). The van der Waals surface area contributed by atoms with Gasteiger partial charge in [0.25, 0.3) is 5.78 Å². The van der Waals surface area contributed by atoms with Crippen LogP contribution in [0.3, 0.4) is 0 Å². The fourth-order valence-corrected chi connectivity index (χ4v) is 2.57. The van der Waals surface area contributed by atoms with Crippen LogP contribution in [0.2, 0.25) is 0 Å². The molecule has 2 aromatic carbocycles. The van der Waals surface area contributed by atoms with Gasteiger partial charge in [-0.05, 0) is 30.3 Å². The molecule has 0 unspecified atom stereocenters. The monoisotopic (exact) mass is 363 g/mol. The Morgan fingerprint density at radius 2 is 1.91 bits per heavy atom. The number of anilines is 2. The molecule has 0 aliphatic heterocycles. The maximum atomic E-state index is 13.2. The first kappa shape index (κ1) is 13.2. The zero-order valence-corrected chi connectivity index (χ0v) is 12.5. The average Bonchev–Trinajstić information content (AvgIpc) is 2.99. The summed E-state index contributed by atoms with van der Waals surface area (Å²) in [5.74, 6) is -0.940. The van der Waals surface area contributed by atoms with E-state index in [0.717, 1.165) is 27.6 Å². The van der Waals surface area contributed by atoms with Gasteiger partial charge in [0.05, 0.1) is 11.0 Å². The molecule has 0 bridgehead atoms. The zero-order valence-electron chi connectivity index (χ0n) is 10.9. The highest BCUT2D eigenvalue weighted by molar-refractivity contribution is 9.10. The van der Waals surface area contributed by atoms with Crippen molar-refractivity contribution in [2.75, 3.05) is 5.32 Å². The third kappa shape index (κ3) is 2.12. The molecule has 0 fully saturated rings. The zero-order chi connectivity index (χ0) is 15.3. The van der Waals surface area contributed by atoms with E-state index in [1.165, 1.54) is 6.07 Å². The first-order valence-electron chi connectivity index (χ1n) is 6.36. The molecule has 110 valence electrons. The van der Waals surface area contributed by atoms with E-state index in [1.54, 1.807) is 4.52 Å². The molecule has 0 spiro atoms. The summed E-state index contributed by atoms with van der Waals surface area (Å²) in [7, 11) is 0. The van der Waals surface area contributed by atoms with E-state index in [0.29, 0.717) is 17.4 Å². The summed E-state index contributed by atoms with van der Waals surface area (Å²) < 4.78 is 28.8. The number of aromatic amines is 1. The fraction of sp³-hybridized carbons (Fsp3) is 0. The van der Waals surface area contributed by atoms with Gasteiger partial charge in [-0.25, -0.2) is 18.3 Å². The lowest BCUT2D eigenvalue weighted by Crippen LogP contribution is -1.95. The van der Waals surface area contributed by atoms with E-state index in [4.69, 9.17) is 0 Å². The summed E-state index contributed by atoms with van der Waals surface area (Å²) in [5.41, 5.74) is 2.06. The maximum absolute atomic E-state index is 13.2. The van der Waals surface area contributed by atoms with Gasteiger partial charge in [0.1, 0.15) is 0 Å². The molecule has 0 atom stereocenters. The molecule has 0 saturated carbocycles. The van der Waals surface area contributed by atoms with Gasteiger partial charge < -0.3 is 5.32 Å². The largest absolute Gasteiger partial charge is 0.324 e. The fourth-order valence-electron chi connectivity index (χ4n) is 2.22. The van der Waals surface area contributed by atoms with Crippen LogP contribution in [0.4, 0.5) is 20.4 Å². The van der Waals surface area contributed by atoms with Crippen molar-refractivity contribution in [1.29, 1.82) is 0 Å². The van der Waals surface area contributed by atoms with E-state index >= 15 is 0 Å².